The van der Waals surface area contributed by atoms with Crippen molar-refractivity contribution in [2.45, 2.75) is 19.4 Å². The predicted molar refractivity (Wildman–Crippen MR) is 84.0 cm³/mol. The van der Waals surface area contributed by atoms with Crippen LogP contribution in [0.1, 0.15) is 33.6 Å². The van der Waals surface area contributed by atoms with Crippen molar-refractivity contribution >= 4 is 5.91 Å². The second-order valence-corrected chi connectivity index (χ2v) is 5.58. The summed E-state index contributed by atoms with van der Waals surface area (Å²) in [6.07, 6.45) is 1.72. The van der Waals surface area contributed by atoms with Gasteiger partial charge in [-0.05, 0) is 37.1 Å². The number of hydrogen-bond donors (Lipinski definition) is 0. The summed E-state index contributed by atoms with van der Waals surface area (Å²) < 4.78 is 7.12. The highest BCUT2D eigenvalue weighted by atomic mass is 16.5. The molecule has 0 atom stereocenters. The number of hydrogen-bond acceptors (Lipinski definition) is 4. The molecule has 1 aliphatic heterocycles. The number of benzene rings is 1. The van der Waals surface area contributed by atoms with E-state index in [1.165, 1.54) is 0 Å². The second-order valence-electron chi connectivity index (χ2n) is 5.58. The molecule has 0 bridgehead atoms. The number of aryl methyl sites for hydroxylation is 1. The minimum absolute atomic E-state index is 0.0255. The average molecular weight is 310 g/mol. The highest BCUT2D eigenvalue weighted by Gasteiger charge is 2.25. The molecule has 1 aromatic carbocycles. The van der Waals surface area contributed by atoms with Crippen molar-refractivity contribution in [2.24, 2.45) is 7.05 Å². The van der Waals surface area contributed by atoms with Gasteiger partial charge in [0.2, 0.25) is 5.88 Å². The van der Waals surface area contributed by atoms with Crippen LogP contribution in [0.2, 0.25) is 0 Å². The fourth-order valence-electron chi connectivity index (χ4n) is 2.94. The number of methoxy groups -OCH3 is 1. The molecule has 0 aliphatic carbocycles. The number of fused-ring (bicyclic) bond motifs is 1. The Bertz CT molecular complexity index is 771. The Hall–Kier alpha value is -2.81. The molecular weight excluding hydrogens is 292 g/mol. The minimum Gasteiger partial charge on any atom is -0.480 e. The smallest absolute Gasteiger partial charge is 0.254 e. The third-order valence-corrected chi connectivity index (χ3v) is 4.17. The molecule has 0 fully saturated rings. The van der Waals surface area contributed by atoms with Gasteiger partial charge < -0.3 is 9.64 Å². The van der Waals surface area contributed by atoms with Crippen molar-refractivity contribution in [3.05, 3.63) is 46.6 Å². The van der Waals surface area contributed by atoms with Crippen LogP contribution in [0, 0.1) is 11.3 Å². The molecule has 0 N–H and O–H groups in total. The van der Waals surface area contributed by atoms with Crippen LogP contribution < -0.4 is 4.74 Å². The van der Waals surface area contributed by atoms with Crippen LogP contribution in [-0.2, 0) is 20.0 Å². The highest BCUT2D eigenvalue weighted by molar-refractivity contribution is 5.94. The van der Waals surface area contributed by atoms with Crippen molar-refractivity contribution in [2.75, 3.05) is 13.7 Å². The third kappa shape index (κ3) is 2.78. The van der Waals surface area contributed by atoms with E-state index in [0.29, 0.717) is 30.1 Å². The fraction of sp³-hybridized carbons (Fsp3) is 0.353. The van der Waals surface area contributed by atoms with E-state index in [1.54, 1.807) is 36.1 Å². The predicted octanol–water partition coefficient (Wildman–Crippen LogP) is 1.89. The molecule has 1 aliphatic rings. The van der Waals surface area contributed by atoms with E-state index >= 15 is 0 Å². The quantitative estimate of drug-likeness (QED) is 0.849. The maximum atomic E-state index is 12.7. The van der Waals surface area contributed by atoms with Gasteiger partial charge in [-0.15, -0.1) is 5.10 Å². The standard InChI is InChI=1S/C17H18N4O2/c1-20-15-11-21(9-3-4-14(15)16(19-20)23-2)17(22)13-7-5-12(10-18)6-8-13/h5-8H,3-4,9,11H2,1-2H3. The monoisotopic (exact) mass is 310 g/mol. The number of nitrogens with zero attached hydrogens (tertiary/aromatic N) is 4. The molecule has 0 spiro atoms. The number of carbonyl (C=O) groups is 1. The Morgan fingerprint density at radius 1 is 1.35 bits per heavy atom. The minimum atomic E-state index is -0.0255. The molecule has 0 saturated carbocycles. The molecule has 6 heteroatoms. The number of amides is 1. The highest BCUT2D eigenvalue weighted by Crippen LogP contribution is 2.27. The Morgan fingerprint density at radius 3 is 2.74 bits per heavy atom. The topological polar surface area (TPSA) is 71.2 Å². The van der Waals surface area contributed by atoms with Gasteiger partial charge in [-0.3, -0.25) is 9.48 Å². The largest absolute Gasteiger partial charge is 0.480 e. The number of rotatable bonds is 2. The van der Waals surface area contributed by atoms with Gasteiger partial charge in [-0.1, -0.05) is 0 Å². The van der Waals surface area contributed by atoms with Crippen molar-refractivity contribution < 1.29 is 9.53 Å². The molecule has 6 nitrogen and oxygen atoms in total. The van der Waals surface area contributed by atoms with Crippen molar-refractivity contribution in [3.8, 4) is 11.9 Å². The molecule has 3 rings (SSSR count). The Morgan fingerprint density at radius 2 is 2.09 bits per heavy atom. The van der Waals surface area contributed by atoms with E-state index < -0.39 is 0 Å². The summed E-state index contributed by atoms with van der Waals surface area (Å²) >= 11 is 0. The van der Waals surface area contributed by atoms with Crippen molar-refractivity contribution in [1.29, 1.82) is 5.26 Å². The SMILES string of the molecule is COc1nn(C)c2c1CCCN(C(=O)c1ccc(C#N)cc1)C2. The average Bonchev–Trinajstić information content (AvgIpc) is 2.76. The summed E-state index contributed by atoms with van der Waals surface area (Å²) in [5, 5.41) is 13.2. The lowest BCUT2D eigenvalue weighted by molar-refractivity contribution is 0.0742. The lowest BCUT2D eigenvalue weighted by Gasteiger charge is -2.21. The molecule has 2 heterocycles. The molecule has 0 unspecified atom stereocenters. The molecule has 1 aromatic heterocycles. The zero-order chi connectivity index (χ0) is 16.4. The maximum absolute atomic E-state index is 12.7. The molecule has 1 amide bonds. The maximum Gasteiger partial charge on any atom is 0.254 e. The van der Waals surface area contributed by atoms with E-state index in [-0.39, 0.29) is 5.91 Å². The summed E-state index contributed by atoms with van der Waals surface area (Å²) in [5.41, 5.74) is 3.25. The van der Waals surface area contributed by atoms with E-state index in [4.69, 9.17) is 10.00 Å². The Kier molecular flexibility index (Phi) is 4.02. The zero-order valence-electron chi connectivity index (χ0n) is 13.2. The van der Waals surface area contributed by atoms with Crippen LogP contribution in [-0.4, -0.2) is 34.2 Å². The first-order valence-electron chi connectivity index (χ1n) is 7.52. The summed E-state index contributed by atoms with van der Waals surface area (Å²) in [4.78, 5) is 14.6. The van der Waals surface area contributed by atoms with Gasteiger partial charge in [0.15, 0.2) is 0 Å². The Balaban J connectivity index is 1.86. The van der Waals surface area contributed by atoms with E-state index in [2.05, 4.69) is 11.2 Å². The van der Waals surface area contributed by atoms with Crippen LogP contribution >= 0.6 is 0 Å². The van der Waals surface area contributed by atoms with Gasteiger partial charge in [-0.25, -0.2) is 0 Å². The molecule has 0 radical (unpaired) electrons. The number of nitriles is 1. The lowest BCUT2D eigenvalue weighted by Crippen LogP contribution is -2.31. The Labute approximate surface area is 134 Å². The summed E-state index contributed by atoms with van der Waals surface area (Å²) in [7, 11) is 3.49. The molecule has 23 heavy (non-hydrogen) atoms. The van der Waals surface area contributed by atoms with Crippen LogP contribution in [0.15, 0.2) is 24.3 Å². The lowest BCUT2D eigenvalue weighted by atomic mass is 10.1. The van der Waals surface area contributed by atoms with Crippen LogP contribution in [0.5, 0.6) is 5.88 Å². The van der Waals surface area contributed by atoms with Crippen LogP contribution in [0.4, 0.5) is 0 Å². The summed E-state index contributed by atoms with van der Waals surface area (Å²) in [5.74, 6) is 0.623. The third-order valence-electron chi connectivity index (χ3n) is 4.17. The van der Waals surface area contributed by atoms with Gasteiger partial charge in [0.1, 0.15) is 0 Å². The van der Waals surface area contributed by atoms with Crippen molar-refractivity contribution in [3.63, 3.8) is 0 Å². The summed E-state index contributed by atoms with van der Waals surface area (Å²) in [6, 6.07) is 8.81. The first-order valence-corrected chi connectivity index (χ1v) is 7.52. The molecule has 2 aromatic rings. The van der Waals surface area contributed by atoms with Gasteiger partial charge >= 0.3 is 0 Å². The van der Waals surface area contributed by atoms with Gasteiger partial charge in [0, 0.05) is 24.7 Å². The van der Waals surface area contributed by atoms with Crippen LogP contribution in [0.25, 0.3) is 0 Å². The summed E-state index contributed by atoms with van der Waals surface area (Å²) in [6.45, 7) is 1.21. The normalized spacial score (nSPS) is 13.9. The van der Waals surface area contributed by atoms with Crippen LogP contribution in [0.3, 0.4) is 0 Å². The van der Waals surface area contributed by atoms with E-state index in [9.17, 15) is 4.79 Å². The van der Waals surface area contributed by atoms with Gasteiger partial charge in [0.05, 0.1) is 31.0 Å². The van der Waals surface area contributed by atoms with E-state index in [1.807, 2.05) is 11.9 Å². The first kappa shape index (κ1) is 15.1. The zero-order valence-corrected chi connectivity index (χ0v) is 13.2. The van der Waals surface area contributed by atoms with Crippen molar-refractivity contribution in [1.82, 2.24) is 14.7 Å². The van der Waals surface area contributed by atoms with Gasteiger partial charge in [-0.2, -0.15) is 5.26 Å². The molecular formula is C17H18N4O2. The fourth-order valence-corrected chi connectivity index (χ4v) is 2.94. The van der Waals surface area contributed by atoms with E-state index in [0.717, 1.165) is 24.1 Å². The van der Waals surface area contributed by atoms with Gasteiger partial charge in [0.25, 0.3) is 5.91 Å². The number of aromatic nitrogens is 2. The molecule has 0 saturated heterocycles. The number of ether oxygens (including phenoxy) is 1. The number of carbonyl (C=O) groups excluding carboxylic acids is 1. The molecule has 118 valence electrons. The first-order chi connectivity index (χ1) is 11.1. The second kappa shape index (κ2) is 6.13.